The number of aliphatic hydroxyl groups is 1. The van der Waals surface area contributed by atoms with Crippen LogP contribution in [0.2, 0.25) is 0 Å². The van der Waals surface area contributed by atoms with E-state index in [0.29, 0.717) is 35.5 Å². The Kier molecular flexibility index (Phi) is 12.8. The van der Waals surface area contributed by atoms with E-state index in [1.54, 1.807) is 54.3 Å². The fraction of sp³-hybridized carbons (Fsp3) is 0.412. The summed E-state index contributed by atoms with van der Waals surface area (Å²) in [6, 6.07) is 13.6. The van der Waals surface area contributed by atoms with E-state index in [9.17, 15) is 31.9 Å². The first-order chi connectivity index (χ1) is 21.6. The molecule has 12 heteroatoms. The molecule has 46 heavy (non-hydrogen) atoms. The van der Waals surface area contributed by atoms with Crippen LogP contribution in [0.3, 0.4) is 0 Å². The number of halogens is 2. The average Bonchev–Trinajstić information content (AvgIpc) is 2.98. The summed E-state index contributed by atoms with van der Waals surface area (Å²) >= 11 is 0. The molecule has 0 heterocycles. The smallest absolute Gasteiger partial charge is 0.254 e. The van der Waals surface area contributed by atoms with E-state index in [0.717, 1.165) is 41.6 Å². The number of anilines is 1. The van der Waals surface area contributed by atoms with Gasteiger partial charge in [0.05, 0.1) is 18.0 Å². The number of hydrogen-bond donors (Lipinski definition) is 2. The quantitative estimate of drug-likeness (QED) is 0.248. The maximum atomic E-state index is 14.1. The Hall–Kier alpha value is -3.87. The Balaban J connectivity index is 1.98. The molecule has 250 valence electrons. The van der Waals surface area contributed by atoms with Crippen molar-refractivity contribution in [2.75, 3.05) is 37.2 Å². The highest BCUT2D eigenvalue weighted by Crippen LogP contribution is 2.22. The van der Waals surface area contributed by atoms with Crippen molar-refractivity contribution in [3.05, 3.63) is 100 Å². The second-order valence-electron chi connectivity index (χ2n) is 11.7. The normalized spacial score (nSPS) is 12.8. The number of carbonyl (C=O) groups excluding carboxylic acids is 2. The van der Waals surface area contributed by atoms with Gasteiger partial charge < -0.3 is 20.6 Å². The van der Waals surface area contributed by atoms with E-state index >= 15 is 0 Å². The molecule has 0 aliphatic rings. The Morgan fingerprint density at radius 3 is 1.98 bits per heavy atom. The molecule has 3 N–H and O–H groups in total. The summed E-state index contributed by atoms with van der Waals surface area (Å²) in [4.78, 5) is 30.7. The van der Waals surface area contributed by atoms with Gasteiger partial charge in [-0.2, -0.15) is 0 Å². The molecule has 0 aliphatic heterocycles. The van der Waals surface area contributed by atoms with Crippen molar-refractivity contribution in [2.24, 2.45) is 5.73 Å². The zero-order chi connectivity index (χ0) is 34.2. The zero-order valence-electron chi connectivity index (χ0n) is 27.0. The third-order valence-corrected chi connectivity index (χ3v) is 8.78. The van der Waals surface area contributed by atoms with Crippen molar-refractivity contribution in [2.45, 2.75) is 58.7 Å². The molecule has 0 radical (unpaired) electrons. The van der Waals surface area contributed by atoms with Crippen LogP contribution >= 0.6 is 0 Å². The largest absolute Gasteiger partial charge is 0.390 e. The van der Waals surface area contributed by atoms with Gasteiger partial charge in [0.2, 0.25) is 10.0 Å². The summed E-state index contributed by atoms with van der Waals surface area (Å²) in [6.07, 6.45) is 1.29. The van der Waals surface area contributed by atoms with E-state index in [1.165, 1.54) is 11.9 Å². The minimum atomic E-state index is -3.55. The lowest BCUT2D eigenvalue weighted by atomic mass is 10.00. The van der Waals surface area contributed by atoms with E-state index in [2.05, 4.69) is 0 Å². The minimum Gasteiger partial charge on any atom is -0.390 e. The van der Waals surface area contributed by atoms with Crippen LogP contribution in [0.25, 0.3) is 0 Å². The van der Waals surface area contributed by atoms with Crippen LogP contribution in [0, 0.1) is 18.6 Å². The van der Waals surface area contributed by atoms with Gasteiger partial charge in [0.25, 0.3) is 11.8 Å². The first-order valence-corrected chi connectivity index (χ1v) is 17.1. The van der Waals surface area contributed by atoms with Crippen LogP contribution in [0.5, 0.6) is 0 Å². The van der Waals surface area contributed by atoms with Crippen molar-refractivity contribution < 1.29 is 31.9 Å². The number of nitrogens with two attached hydrogens (primary N) is 1. The summed E-state index contributed by atoms with van der Waals surface area (Å²) < 4.78 is 53.0. The molecular weight excluding hydrogens is 614 g/mol. The van der Waals surface area contributed by atoms with Crippen molar-refractivity contribution >= 4 is 27.5 Å². The van der Waals surface area contributed by atoms with E-state index in [4.69, 9.17) is 5.73 Å². The summed E-state index contributed by atoms with van der Waals surface area (Å²) in [5.41, 5.74) is 8.78. The van der Waals surface area contributed by atoms with Crippen molar-refractivity contribution in [1.29, 1.82) is 0 Å². The van der Waals surface area contributed by atoms with Gasteiger partial charge in [-0.25, -0.2) is 17.2 Å². The number of carbonyl (C=O) groups is 2. The van der Waals surface area contributed by atoms with Gasteiger partial charge in [0, 0.05) is 56.5 Å². The minimum absolute atomic E-state index is 0.0301. The molecule has 3 aromatic carbocycles. The van der Waals surface area contributed by atoms with Gasteiger partial charge in [0.1, 0.15) is 11.6 Å². The van der Waals surface area contributed by atoms with Gasteiger partial charge in [-0.1, -0.05) is 26.0 Å². The van der Waals surface area contributed by atoms with E-state index < -0.39 is 39.7 Å². The molecule has 2 unspecified atom stereocenters. The van der Waals surface area contributed by atoms with Crippen molar-refractivity contribution in [1.82, 2.24) is 9.80 Å². The summed E-state index contributed by atoms with van der Waals surface area (Å²) in [6.45, 7) is 6.64. The second kappa shape index (κ2) is 16.1. The number of amides is 2. The first kappa shape index (κ1) is 36.6. The highest BCUT2D eigenvalue weighted by Gasteiger charge is 2.26. The molecule has 0 spiro atoms. The van der Waals surface area contributed by atoms with Gasteiger partial charge >= 0.3 is 0 Å². The van der Waals surface area contributed by atoms with Crippen molar-refractivity contribution in [3.63, 3.8) is 0 Å². The van der Waals surface area contributed by atoms with Gasteiger partial charge in [-0.15, -0.1) is 0 Å². The van der Waals surface area contributed by atoms with Crippen LogP contribution in [-0.4, -0.2) is 80.2 Å². The molecule has 3 rings (SSSR count). The van der Waals surface area contributed by atoms with Crippen molar-refractivity contribution in [3.8, 4) is 0 Å². The highest BCUT2D eigenvalue weighted by molar-refractivity contribution is 7.92. The number of benzene rings is 3. The SMILES string of the molecule is CCCN(CCC)C(=O)c1cc(C)cc(C(=O)N(Cc2cccc(N(C)S(C)(=O)=O)c2)CC(O)C(N)Cc2cc(F)cc(F)c2)c1. The molecule has 9 nitrogen and oxygen atoms in total. The molecule has 0 aromatic heterocycles. The molecule has 0 aliphatic carbocycles. The number of aryl methyl sites for hydroxylation is 1. The summed E-state index contributed by atoms with van der Waals surface area (Å²) in [5, 5.41) is 11.1. The monoisotopic (exact) mass is 658 g/mol. The van der Waals surface area contributed by atoms with Crippen LogP contribution in [0.4, 0.5) is 14.5 Å². The number of hydrogen-bond acceptors (Lipinski definition) is 6. The lowest BCUT2D eigenvalue weighted by Gasteiger charge is -2.29. The number of sulfonamides is 1. The van der Waals surface area contributed by atoms with E-state index in [-0.39, 0.29) is 36.5 Å². The maximum absolute atomic E-state index is 14.1. The first-order valence-electron chi connectivity index (χ1n) is 15.2. The van der Waals surface area contributed by atoms with Gasteiger partial charge in [-0.3, -0.25) is 13.9 Å². The predicted octanol–water partition coefficient (Wildman–Crippen LogP) is 4.50. The van der Waals surface area contributed by atoms with Crippen LogP contribution in [0.1, 0.15) is 64.1 Å². The zero-order valence-corrected chi connectivity index (χ0v) is 27.9. The fourth-order valence-electron chi connectivity index (χ4n) is 5.23. The third kappa shape index (κ3) is 10.1. The number of rotatable bonds is 15. The third-order valence-electron chi connectivity index (χ3n) is 7.57. The molecule has 3 aromatic rings. The molecule has 2 amide bonds. The predicted molar refractivity (Wildman–Crippen MR) is 176 cm³/mol. The topological polar surface area (TPSA) is 124 Å². The molecule has 0 saturated heterocycles. The Morgan fingerprint density at radius 1 is 0.870 bits per heavy atom. The molecule has 0 bridgehead atoms. The number of aliphatic hydroxyl groups excluding tert-OH is 1. The highest BCUT2D eigenvalue weighted by atomic mass is 32.2. The Morgan fingerprint density at radius 2 is 1.43 bits per heavy atom. The van der Waals surface area contributed by atoms with Crippen LogP contribution in [-0.2, 0) is 23.0 Å². The molecular formula is C34H44F2N4O5S. The lowest BCUT2D eigenvalue weighted by Crippen LogP contribution is -2.46. The Labute approximate surface area is 270 Å². The maximum Gasteiger partial charge on any atom is 0.254 e. The van der Waals surface area contributed by atoms with Crippen LogP contribution in [0.15, 0.2) is 60.7 Å². The standard InChI is InChI=1S/C34H44F2N4O5S/c1-6-11-39(12-7-2)33(42)26-13-23(3)14-27(19-26)34(43)40(21-24-9-8-10-30(17-24)38(4)46(5,44)45)22-32(41)31(37)18-25-15-28(35)20-29(36)16-25/h8-10,13-17,19-20,31-32,41H,6-7,11-12,18,21-22,37H2,1-5H3. The summed E-state index contributed by atoms with van der Waals surface area (Å²) in [5.74, 6) is -2.21. The second-order valence-corrected chi connectivity index (χ2v) is 13.7. The van der Waals surface area contributed by atoms with E-state index in [1.807, 2.05) is 13.8 Å². The molecule has 2 atom stereocenters. The molecule has 0 saturated carbocycles. The average molecular weight is 659 g/mol. The fourth-order valence-corrected chi connectivity index (χ4v) is 5.73. The van der Waals surface area contributed by atoms with Crippen LogP contribution < -0.4 is 10.0 Å². The lowest BCUT2D eigenvalue weighted by molar-refractivity contribution is 0.0554. The van der Waals surface area contributed by atoms with Gasteiger partial charge in [-0.05, 0) is 85.3 Å². The number of nitrogens with zero attached hydrogens (tertiary/aromatic N) is 3. The molecule has 0 fully saturated rings. The summed E-state index contributed by atoms with van der Waals surface area (Å²) in [7, 11) is -2.14. The van der Waals surface area contributed by atoms with Gasteiger partial charge in [0.15, 0.2) is 0 Å². The Bertz CT molecular complexity index is 1610.